The van der Waals surface area contributed by atoms with E-state index in [9.17, 15) is 9.59 Å². The van der Waals surface area contributed by atoms with E-state index in [4.69, 9.17) is 5.73 Å². The first kappa shape index (κ1) is 11.0. The number of hydrogen-bond acceptors (Lipinski definition) is 4. The van der Waals surface area contributed by atoms with Crippen molar-refractivity contribution in [2.24, 2.45) is 5.73 Å². The Hall–Kier alpha value is -0.550. The van der Waals surface area contributed by atoms with Crippen LogP contribution in [0.25, 0.3) is 0 Å². The van der Waals surface area contributed by atoms with Crippen molar-refractivity contribution in [2.45, 2.75) is 37.8 Å². The number of hydrogen-bond donors (Lipinski definition) is 1. The Balaban J connectivity index is 2.12. The first-order valence-electron chi connectivity index (χ1n) is 5.38. The molecule has 4 nitrogen and oxygen atoms in total. The second kappa shape index (κ2) is 4.53. The molecule has 0 aromatic rings. The van der Waals surface area contributed by atoms with Crippen LogP contribution in [-0.2, 0) is 9.59 Å². The second-order valence-electron chi connectivity index (χ2n) is 4.17. The SMILES string of the molecule is N[C@@H]1CCCC[C@H]1N1C(=O)CSCC1=O. The van der Waals surface area contributed by atoms with Crippen LogP contribution in [0, 0.1) is 0 Å². The van der Waals surface area contributed by atoms with Gasteiger partial charge in [-0.2, -0.15) is 0 Å². The van der Waals surface area contributed by atoms with Crippen LogP contribution in [0.15, 0.2) is 0 Å². The largest absolute Gasteiger partial charge is 0.326 e. The zero-order valence-electron chi connectivity index (χ0n) is 8.65. The number of carbonyl (C=O) groups is 2. The van der Waals surface area contributed by atoms with Gasteiger partial charge in [-0.05, 0) is 12.8 Å². The average Bonchev–Trinajstić information content (AvgIpc) is 2.20. The third kappa shape index (κ3) is 2.18. The summed E-state index contributed by atoms with van der Waals surface area (Å²) in [6.45, 7) is 0. The van der Waals surface area contributed by atoms with Crippen LogP contribution in [0.1, 0.15) is 25.7 Å². The minimum atomic E-state index is -0.0569. The van der Waals surface area contributed by atoms with Gasteiger partial charge in [0.15, 0.2) is 0 Å². The number of amides is 2. The molecule has 5 heteroatoms. The zero-order valence-corrected chi connectivity index (χ0v) is 9.46. The Kier molecular flexibility index (Phi) is 3.31. The lowest BCUT2D eigenvalue weighted by atomic mass is 9.89. The molecule has 0 aromatic carbocycles. The summed E-state index contributed by atoms with van der Waals surface area (Å²) in [7, 11) is 0. The van der Waals surface area contributed by atoms with Crippen LogP contribution in [0.5, 0.6) is 0 Å². The molecule has 0 bridgehead atoms. The van der Waals surface area contributed by atoms with Crippen molar-refractivity contribution in [2.75, 3.05) is 11.5 Å². The fourth-order valence-corrected chi connectivity index (χ4v) is 3.06. The number of nitrogens with zero attached hydrogens (tertiary/aromatic N) is 1. The highest BCUT2D eigenvalue weighted by atomic mass is 32.2. The van der Waals surface area contributed by atoms with Crippen LogP contribution < -0.4 is 5.73 Å². The van der Waals surface area contributed by atoms with Crippen molar-refractivity contribution in [3.8, 4) is 0 Å². The van der Waals surface area contributed by atoms with Crippen molar-refractivity contribution >= 4 is 23.6 Å². The fraction of sp³-hybridized carbons (Fsp3) is 0.800. The molecule has 1 saturated heterocycles. The van der Waals surface area contributed by atoms with Gasteiger partial charge in [0, 0.05) is 6.04 Å². The lowest BCUT2D eigenvalue weighted by molar-refractivity contribution is -0.146. The van der Waals surface area contributed by atoms with E-state index in [2.05, 4.69) is 0 Å². The molecule has 2 rings (SSSR count). The average molecular weight is 228 g/mol. The van der Waals surface area contributed by atoms with Gasteiger partial charge in [0.2, 0.25) is 11.8 Å². The molecular formula is C10H16N2O2S. The lowest BCUT2D eigenvalue weighted by Gasteiger charge is -2.38. The molecule has 2 atom stereocenters. The van der Waals surface area contributed by atoms with E-state index >= 15 is 0 Å². The van der Waals surface area contributed by atoms with Gasteiger partial charge in [0.1, 0.15) is 0 Å². The Labute approximate surface area is 93.6 Å². The number of carbonyl (C=O) groups excluding carboxylic acids is 2. The normalized spacial score (nSPS) is 33.3. The third-order valence-corrected chi connectivity index (χ3v) is 4.00. The summed E-state index contributed by atoms with van der Waals surface area (Å²) in [5, 5.41) is 0. The van der Waals surface area contributed by atoms with Crippen molar-refractivity contribution in [1.82, 2.24) is 4.90 Å². The second-order valence-corrected chi connectivity index (χ2v) is 5.15. The number of rotatable bonds is 1. The van der Waals surface area contributed by atoms with E-state index < -0.39 is 0 Å². The molecule has 0 unspecified atom stereocenters. The van der Waals surface area contributed by atoms with Gasteiger partial charge in [0.05, 0.1) is 17.5 Å². The van der Waals surface area contributed by atoms with Crippen molar-refractivity contribution in [3.05, 3.63) is 0 Å². The van der Waals surface area contributed by atoms with E-state index in [0.29, 0.717) is 11.5 Å². The summed E-state index contributed by atoms with van der Waals surface area (Å²) in [5.74, 6) is 0.737. The van der Waals surface area contributed by atoms with Crippen LogP contribution in [0.2, 0.25) is 0 Å². The molecule has 1 saturated carbocycles. The first-order chi connectivity index (χ1) is 7.20. The maximum atomic E-state index is 11.7. The summed E-state index contributed by atoms with van der Waals surface area (Å²) in [5.41, 5.74) is 5.98. The quantitative estimate of drug-likeness (QED) is 0.658. The monoisotopic (exact) mass is 228 g/mol. The summed E-state index contributed by atoms with van der Waals surface area (Å²) in [6, 6.07) is -0.0607. The summed E-state index contributed by atoms with van der Waals surface area (Å²) < 4.78 is 0. The van der Waals surface area contributed by atoms with Gasteiger partial charge in [-0.15, -0.1) is 11.8 Å². The van der Waals surface area contributed by atoms with Gasteiger partial charge < -0.3 is 5.73 Å². The van der Waals surface area contributed by atoms with Gasteiger partial charge in [-0.3, -0.25) is 14.5 Å². The van der Waals surface area contributed by atoms with Crippen molar-refractivity contribution in [3.63, 3.8) is 0 Å². The Morgan fingerprint density at radius 3 is 2.33 bits per heavy atom. The smallest absolute Gasteiger partial charge is 0.239 e. The summed E-state index contributed by atoms with van der Waals surface area (Å²) in [4.78, 5) is 24.8. The highest BCUT2D eigenvalue weighted by Gasteiger charge is 2.36. The Morgan fingerprint density at radius 2 is 1.73 bits per heavy atom. The van der Waals surface area contributed by atoms with Crippen LogP contribution in [0.4, 0.5) is 0 Å². The standard InChI is InChI=1S/C10H16N2O2S/c11-7-3-1-2-4-8(7)12-9(13)5-15-6-10(12)14/h7-8H,1-6,11H2/t7-,8-/m1/s1. The molecule has 84 valence electrons. The highest BCUT2D eigenvalue weighted by Crippen LogP contribution is 2.25. The van der Waals surface area contributed by atoms with Crippen LogP contribution in [-0.4, -0.2) is 40.3 Å². The number of thioether (sulfide) groups is 1. The fourth-order valence-electron chi connectivity index (χ4n) is 2.33. The van der Waals surface area contributed by atoms with Gasteiger partial charge in [-0.1, -0.05) is 12.8 Å². The van der Waals surface area contributed by atoms with Gasteiger partial charge >= 0.3 is 0 Å². The summed E-state index contributed by atoms with van der Waals surface area (Å²) >= 11 is 1.40. The maximum Gasteiger partial charge on any atom is 0.239 e. The predicted octanol–water partition coefficient (Wildman–Crippen LogP) is 0.358. The molecule has 15 heavy (non-hydrogen) atoms. The summed E-state index contributed by atoms with van der Waals surface area (Å²) in [6.07, 6.45) is 3.99. The van der Waals surface area contributed by atoms with Crippen molar-refractivity contribution in [1.29, 1.82) is 0 Å². The zero-order chi connectivity index (χ0) is 10.8. The van der Waals surface area contributed by atoms with E-state index in [1.54, 1.807) is 0 Å². The van der Waals surface area contributed by atoms with E-state index in [-0.39, 0.29) is 23.9 Å². The Morgan fingerprint density at radius 1 is 1.13 bits per heavy atom. The topological polar surface area (TPSA) is 63.4 Å². The first-order valence-corrected chi connectivity index (χ1v) is 6.54. The molecule has 0 aromatic heterocycles. The minimum absolute atomic E-state index is 0.0188. The molecule has 2 amide bonds. The lowest BCUT2D eigenvalue weighted by Crippen LogP contribution is -2.56. The molecule has 1 heterocycles. The van der Waals surface area contributed by atoms with Crippen LogP contribution in [0.3, 0.4) is 0 Å². The van der Waals surface area contributed by atoms with E-state index in [1.165, 1.54) is 16.7 Å². The van der Waals surface area contributed by atoms with Crippen molar-refractivity contribution < 1.29 is 9.59 Å². The number of nitrogens with two attached hydrogens (primary N) is 1. The van der Waals surface area contributed by atoms with Crippen LogP contribution >= 0.6 is 11.8 Å². The van der Waals surface area contributed by atoms with E-state index in [0.717, 1.165) is 25.7 Å². The predicted molar refractivity (Wildman–Crippen MR) is 59.4 cm³/mol. The molecule has 1 aliphatic heterocycles. The minimum Gasteiger partial charge on any atom is -0.326 e. The van der Waals surface area contributed by atoms with E-state index in [1.807, 2.05) is 0 Å². The van der Waals surface area contributed by atoms with Gasteiger partial charge in [0.25, 0.3) is 0 Å². The molecule has 2 fully saturated rings. The third-order valence-electron chi connectivity index (χ3n) is 3.10. The maximum absolute atomic E-state index is 11.7. The molecule has 1 aliphatic carbocycles. The Bertz CT molecular complexity index is 267. The molecule has 2 N–H and O–H groups in total. The number of imide groups is 1. The molecular weight excluding hydrogens is 212 g/mol. The molecule has 0 radical (unpaired) electrons. The molecule has 0 spiro atoms. The van der Waals surface area contributed by atoms with Gasteiger partial charge in [-0.25, -0.2) is 0 Å². The molecule has 2 aliphatic rings. The highest BCUT2D eigenvalue weighted by molar-refractivity contribution is 8.00.